The van der Waals surface area contributed by atoms with Crippen molar-refractivity contribution in [3.63, 3.8) is 0 Å². The van der Waals surface area contributed by atoms with Crippen molar-refractivity contribution in [2.45, 2.75) is 12.8 Å². The van der Waals surface area contributed by atoms with Crippen LogP contribution in [0.3, 0.4) is 0 Å². The first kappa shape index (κ1) is 13.0. The molecule has 0 aromatic heterocycles. The van der Waals surface area contributed by atoms with Crippen molar-refractivity contribution in [2.24, 2.45) is 5.92 Å². The Morgan fingerprint density at radius 2 is 2.06 bits per heavy atom. The number of anilines is 2. The van der Waals surface area contributed by atoms with Gasteiger partial charge >= 0.3 is 0 Å². The van der Waals surface area contributed by atoms with E-state index >= 15 is 0 Å². The van der Waals surface area contributed by atoms with Crippen LogP contribution in [0.1, 0.15) is 12.8 Å². The molecule has 4 nitrogen and oxygen atoms in total. The lowest BCUT2D eigenvalue weighted by Crippen LogP contribution is -2.21. The van der Waals surface area contributed by atoms with Crippen LogP contribution in [0.15, 0.2) is 18.2 Å². The zero-order chi connectivity index (χ0) is 13.0. The molecule has 0 saturated carbocycles. The Labute approximate surface area is 109 Å². The van der Waals surface area contributed by atoms with Gasteiger partial charge in [0.25, 0.3) is 0 Å². The highest BCUT2D eigenvalue weighted by Crippen LogP contribution is 2.28. The second kappa shape index (κ2) is 5.96. The SMILES string of the molecule is CN(C)c1ccc(N)c(OCC2CCOCC2)c1. The van der Waals surface area contributed by atoms with Crippen LogP contribution in [-0.4, -0.2) is 33.9 Å². The predicted molar refractivity (Wildman–Crippen MR) is 74.2 cm³/mol. The van der Waals surface area contributed by atoms with Crippen LogP contribution >= 0.6 is 0 Å². The molecular weight excluding hydrogens is 228 g/mol. The van der Waals surface area contributed by atoms with E-state index in [0.717, 1.165) is 44.1 Å². The summed E-state index contributed by atoms with van der Waals surface area (Å²) in [7, 11) is 4.02. The van der Waals surface area contributed by atoms with Crippen molar-refractivity contribution in [3.8, 4) is 5.75 Å². The topological polar surface area (TPSA) is 47.7 Å². The second-order valence-corrected chi connectivity index (χ2v) is 4.98. The summed E-state index contributed by atoms with van der Waals surface area (Å²) in [4.78, 5) is 2.04. The summed E-state index contributed by atoms with van der Waals surface area (Å²) in [6, 6.07) is 5.89. The number of rotatable bonds is 4. The molecule has 0 unspecified atom stereocenters. The summed E-state index contributed by atoms with van der Waals surface area (Å²) in [5.74, 6) is 1.37. The highest BCUT2D eigenvalue weighted by molar-refractivity contribution is 5.61. The number of nitrogen functional groups attached to an aromatic ring is 1. The molecule has 1 saturated heterocycles. The van der Waals surface area contributed by atoms with E-state index in [2.05, 4.69) is 0 Å². The van der Waals surface area contributed by atoms with E-state index in [4.69, 9.17) is 15.2 Å². The molecule has 1 aliphatic heterocycles. The van der Waals surface area contributed by atoms with Crippen LogP contribution in [0.25, 0.3) is 0 Å². The Kier molecular flexibility index (Phi) is 4.31. The molecule has 2 rings (SSSR count). The fraction of sp³-hybridized carbons (Fsp3) is 0.571. The van der Waals surface area contributed by atoms with E-state index in [9.17, 15) is 0 Å². The van der Waals surface area contributed by atoms with Gasteiger partial charge in [-0.2, -0.15) is 0 Å². The Morgan fingerprint density at radius 1 is 1.33 bits per heavy atom. The maximum Gasteiger partial charge on any atom is 0.144 e. The lowest BCUT2D eigenvalue weighted by Gasteiger charge is -2.23. The summed E-state index contributed by atoms with van der Waals surface area (Å²) in [6.45, 7) is 2.42. The van der Waals surface area contributed by atoms with Crippen LogP contribution in [0.5, 0.6) is 5.75 Å². The largest absolute Gasteiger partial charge is 0.491 e. The third-order valence-electron chi connectivity index (χ3n) is 3.33. The predicted octanol–water partition coefficient (Wildman–Crippen LogP) is 2.14. The highest BCUT2D eigenvalue weighted by Gasteiger charge is 2.15. The van der Waals surface area contributed by atoms with Crippen LogP contribution in [-0.2, 0) is 4.74 Å². The molecular formula is C14H22N2O2. The van der Waals surface area contributed by atoms with Gasteiger partial charge in [-0.3, -0.25) is 0 Å². The summed E-state index contributed by atoms with van der Waals surface area (Å²) >= 11 is 0. The van der Waals surface area contributed by atoms with Gasteiger partial charge in [-0.1, -0.05) is 0 Å². The van der Waals surface area contributed by atoms with E-state index in [-0.39, 0.29) is 0 Å². The molecule has 100 valence electrons. The minimum absolute atomic E-state index is 0.584. The number of nitrogens with two attached hydrogens (primary N) is 1. The lowest BCUT2D eigenvalue weighted by molar-refractivity contribution is 0.0499. The summed E-state index contributed by atoms with van der Waals surface area (Å²) < 4.78 is 11.2. The van der Waals surface area contributed by atoms with Crippen LogP contribution in [0, 0.1) is 5.92 Å². The van der Waals surface area contributed by atoms with Gasteiger partial charge in [0, 0.05) is 39.1 Å². The first-order valence-electron chi connectivity index (χ1n) is 6.44. The van der Waals surface area contributed by atoms with Crippen LogP contribution in [0.4, 0.5) is 11.4 Å². The number of nitrogens with zero attached hydrogens (tertiary/aromatic N) is 1. The van der Waals surface area contributed by atoms with E-state index in [0.29, 0.717) is 11.6 Å². The van der Waals surface area contributed by atoms with Gasteiger partial charge in [0.2, 0.25) is 0 Å². The van der Waals surface area contributed by atoms with E-state index in [1.165, 1.54) is 0 Å². The van der Waals surface area contributed by atoms with Gasteiger partial charge in [0.05, 0.1) is 12.3 Å². The Bertz CT molecular complexity index is 387. The Hall–Kier alpha value is -1.42. The standard InChI is InChI=1S/C14H22N2O2/c1-16(2)12-3-4-13(15)14(9-12)18-10-11-5-7-17-8-6-11/h3-4,9,11H,5-8,10,15H2,1-2H3. The molecule has 0 bridgehead atoms. The molecule has 1 aromatic carbocycles. The van der Waals surface area contributed by atoms with Crippen molar-refractivity contribution in [1.29, 1.82) is 0 Å². The van der Waals surface area contributed by atoms with Gasteiger partial charge in [0.1, 0.15) is 5.75 Å². The fourth-order valence-electron chi connectivity index (χ4n) is 2.05. The van der Waals surface area contributed by atoms with E-state index < -0.39 is 0 Å². The van der Waals surface area contributed by atoms with Gasteiger partial charge in [-0.25, -0.2) is 0 Å². The van der Waals surface area contributed by atoms with Crippen molar-refractivity contribution < 1.29 is 9.47 Å². The van der Waals surface area contributed by atoms with Crippen LogP contribution in [0.2, 0.25) is 0 Å². The van der Waals surface area contributed by atoms with Crippen molar-refractivity contribution >= 4 is 11.4 Å². The lowest BCUT2D eigenvalue weighted by atomic mass is 10.0. The zero-order valence-corrected chi connectivity index (χ0v) is 11.2. The highest BCUT2D eigenvalue weighted by atomic mass is 16.5. The Balaban J connectivity index is 1.97. The molecule has 4 heteroatoms. The smallest absolute Gasteiger partial charge is 0.144 e. The molecule has 1 heterocycles. The maximum absolute atomic E-state index is 5.94. The number of ether oxygens (including phenoxy) is 2. The van der Waals surface area contributed by atoms with E-state index in [1.54, 1.807) is 0 Å². The number of hydrogen-bond donors (Lipinski definition) is 1. The molecule has 1 aromatic rings. The molecule has 0 spiro atoms. The van der Waals surface area contributed by atoms with Gasteiger partial charge in [0.15, 0.2) is 0 Å². The van der Waals surface area contributed by atoms with Gasteiger partial charge in [-0.05, 0) is 30.9 Å². The van der Waals surface area contributed by atoms with E-state index in [1.807, 2.05) is 37.2 Å². The molecule has 0 radical (unpaired) electrons. The number of hydrogen-bond acceptors (Lipinski definition) is 4. The average Bonchev–Trinajstić information content (AvgIpc) is 2.38. The van der Waals surface area contributed by atoms with Crippen LogP contribution < -0.4 is 15.4 Å². The molecule has 0 aliphatic carbocycles. The molecule has 1 fully saturated rings. The molecule has 0 amide bonds. The first-order valence-corrected chi connectivity index (χ1v) is 6.44. The Morgan fingerprint density at radius 3 is 2.72 bits per heavy atom. The third-order valence-corrected chi connectivity index (χ3v) is 3.33. The quantitative estimate of drug-likeness (QED) is 0.832. The molecule has 2 N–H and O–H groups in total. The van der Waals surface area contributed by atoms with Gasteiger partial charge in [-0.15, -0.1) is 0 Å². The van der Waals surface area contributed by atoms with Crippen molar-refractivity contribution in [3.05, 3.63) is 18.2 Å². The minimum atomic E-state index is 0.584. The fourth-order valence-corrected chi connectivity index (χ4v) is 2.05. The molecule has 0 atom stereocenters. The summed E-state index contributed by atoms with van der Waals surface area (Å²) in [6.07, 6.45) is 2.15. The maximum atomic E-state index is 5.94. The summed E-state index contributed by atoms with van der Waals surface area (Å²) in [5.41, 5.74) is 7.74. The monoisotopic (exact) mass is 250 g/mol. The normalized spacial score (nSPS) is 16.6. The average molecular weight is 250 g/mol. The summed E-state index contributed by atoms with van der Waals surface area (Å²) in [5, 5.41) is 0. The van der Waals surface area contributed by atoms with Crippen molar-refractivity contribution in [2.75, 3.05) is 44.5 Å². The molecule has 1 aliphatic rings. The minimum Gasteiger partial charge on any atom is -0.491 e. The number of benzene rings is 1. The van der Waals surface area contributed by atoms with Gasteiger partial charge < -0.3 is 20.1 Å². The molecule has 18 heavy (non-hydrogen) atoms. The third kappa shape index (κ3) is 3.29. The zero-order valence-electron chi connectivity index (χ0n) is 11.2. The first-order chi connectivity index (χ1) is 8.66. The van der Waals surface area contributed by atoms with Crippen molar-refractivity contribution in [1.82, 2.24) is 0 Å². The second-order valence-electron chi connectivity index (χ2n) is 4.98.